The molecule has 9 nitrogen and oxygen atoms in total. The van der Waals surface area contributed by atoms with Crippen LogP contribution in [0.25, 0.3) is 36.8 Å². The Kier molecular flexibility index (Phi) is 12.8. The Hall–Kier alpha value is -4.74. The molecule has 0 atom stereocenters. The van der Waals surface area contributed by atoms with E-state index < -0.39 is 30.4 Å². The van der Waals surface area contributed by atoms with Crippen LogP contribution in [0.2, 0.25) is 0 Å². The summed E-state index contributed by atoms with van der Waals surface area (Å²) in [6.07, 6.45) is 14.2. The quantitative estimate of drug-likeness (QED) is 0.0907. The third-order valence-corrected chi connectivity index (χ3v) is 15.1. The molecule has 15 heteroatoms. The second-order valence-electron chi connectivity index (χ2n) is 14.0. The molecule has 0 unspecified atom stereocenters. The minimum absolute atomic E-state index is 0.180. The van der Waals surface area contributed by atoms with Gasteiger partial charge in [0, 0.05) is 38.1 Å². The first-order valence-electron chi connectivity index (χ1n) is 18.3. The van der Waals surface area contributed by atoms with Crippen LogP contribution in [0, 0.1) is 6.92 Å². The fourth-order valence-corrected chi connectivity index (χ4v) is 10.5. The largest absolute Gasteiger partial charge is 0.294 e. The molecule has 4 aromatic carbocycles. The number of benzene rings is 4. The molecule has 7 rings (SSSR count). The molecular weight excluding hydrogens is 880 g/mol. The lowest BCUT2D eigenvalue weighted by molar-refractivity contribution is 0.481. The smallest absolute Gasteiger partial charge is 0.282 e. The number of hydrogen-bond acceptors (Lipinski definition) is 7. The fourth-order valence-electron chi connectivity index (χ4n) is 6.50. The van der Waals surface area contributed by atoms with Crippen molar-refractivity contribution >= 4 is 80.9 Å². The summed E-state index contributed by atoms with van der Waals surface area (Å²) in [6.45, 7) is 2.03. The van der Waals surface area contributed by atoms with Crippen LogP contribution in [0.1, 0.15) is 41.5 Å². The number of allylic oxidation sites excluding steroid dienone is 9. The van der Waals surface area contributed by atoms with E-state index in [2.05, 4.69) is 18.2 Å². The molecule has 0 fully saturated rings. The predicted octanol–water partition coefficient (Wildman–Crippen LogP) is 11.8. The van der Waals surface area contributed by atoms with E-state index in [4.69, 9.17) is 11.6 Å². The molecule has 60 heavy (non-hydrogen) atoms. The summed E-state index contributed by atoms with van der Waals surface area (Å²) in [6, 6.07) is 30.1. The molecule has 5 aromatic rings. The van der Waals surface area contributed by atoms with Crippen molar-refractivity contribution in [3.8, 4) is 20.9 Å². The average molecular weight is 917 g/mol. The molecule has 2 heterocycles. The summed E-state index contributed by atoms with van der Waals surface area (Å²) < 4.78 is 98.7. The van der Waals surface area contributed by atoms with Gasteiger partial charge in [0.05, 0.1) is 14.7 Å². The van der Waals surface area contributed by atoms with Crippen LogP contribution in [0.5, 0.6) is 0 Å². The van der Waals surface area contributed by atoms with Crippen LogP contribution in [0.4, 0.5) is 0 Å². The fraction of sp³-hybridized carbons (Fsp3) is 0.0889. The van der Waals surface area contributed by atoms with Gasteiger partial charge in [0.2, 0.25) is 21.1 Å². The normalized spacial score (nSPS) is 15.9. The molecule has 1 aliphatic heterocycles. The lowest BCUT2D eigenvalue weighted by atomic mass is 9.93. The maximum Gasteiger partial charge on any atom is 0.294 e. The van der Waals surface area contributed by atoms with E-state index in [0.29, 0.717) is 16.2 Å². The number of halogens is 1. The van der Waals surface area contributed by atoms with E-state index in [-0.39, 0.29) is 14.7 Å². The van der Waals surface area contributed by atoms with Crippen molar-refractivity contribution in [2.45, 2.75) is 40.9 Å². The molecule has 0 radical (unpaired) electrons. The van der Waals surface area contributed by atoms with Crippen molar-refractivity contribution in [2.75, 3.05) is 0 Å². The molecule has 306 valence electrons. The lowest BCUT2D eigenvalue weighted by Gasteiger charge is -2.18. The lowest BCUT2D eigenvalue weighted by Crippen LogP contribution is -1.99. The number of thioether (sulfide) groups is 1. The minimum Gasteiger partial charge on any atom is -0.282 e. The molecular formula is C45H36ClO9S5+. The average Bonchev–Trinajstić information content (AvgIpc) is 3.22. The van der Waals surface area contributed by atoms with Gasteiger partial charge in [-0.15, -0.1) is 0 Å². The highest BCUT2D eigenvalue weighted by Crippen LogP contribution is 2.45. The summed E-state index contributed by atoms with van der Waals surface area (Å²) in [5.41, 5.74) is 7.95. The molecule has 0 amide bonds. The van der Waals surface area contributed by atoms with Crippen LogP contribution >= 0.6 is 34.7 Å². The van der Waals surface area contributed by atoms with Gasteiger partial charge in [-0.2, -0.15) is 25.3 Å². The standard InChI is InChI=1S/C45H35ClO9S5/c1-29-5-9-32(10-6-29)41-25-30(26-42(56-41)33-13-19-38(20-14-33)58(47,48)49)7-11-36-3-2-4-37(45(36)46)12-8-31-27-43(34-15-21-39(22-16-34)59(50,51)52)57-44(28-31)35-17-23-40(24-18-35)60(53,54)55/h5-28H,2-4H2,1H3,(H2-,47,48,49,50,51,52,53,54,55)/p+1. The van der Waals surface area contributed by atoms with Crippen molar-refractivity contribution in [3.63, 3.8) is 0 Å². The zero-order chi connectivity index (χ0) is 42.8. The Morgan fingerprint density at radius 2 is 1.02 bits per heavy atom. The van der Waals surface area contributed by atoms with Gasteiger partial charge in [-0.25, -0.2) is 0 Å². The Morgan fingerprint density at radius 1 is 0.583 bits per heavy atom. The van der Waals surface area contributed by atoms with E-state index in [1.165, 1.54) is 48.2 Å². The van der Waals surface area contributed by atoms with Crippen molar-refractivity contribution in [1.29, 1.82) is 0 Å². The van der Waals surface area contributed by atoms with E-state index in [1.54, 1.807) is 47.7 Å². The highest BCUT2D eigenvalue weighted by molar-refractivity contribution is 8.16. The van der Waals surface area contributed by atoms with Gasteiger partial charge in [0.25, 0.3) is 30.4 Å². The van der Waals surface area contributed by atoms with Gasteiger partial charge >= 0.3 is 0 Å². The van der Waals surface area contributed by atoms with E-state index >= 15 is 0 Å². The van der Waals surface area contributed by atoms with Crippen molar-refractivity contribution < 1.29 is 38.9 Å². The Balaban J connectivity index is 1.23. The highest BCUT2D eigenvalue weighted by atomic mass is 35.5. The van der Waals surface area contributed by atoms with Crippen LogP contribution in [-0.2, 0) is 30.4 Å². The van der Waals surface area contributed by atoms with E-state index in [9.17, 15) is 38.9 Å². The Morgan fingerprint density at radius 3 is 1.47 bits per heavy atom. The summed E-state index contributed by atoms with van der Waals surface area (Å²) in [4.78, 5) is 2.81. The Bertz CT molecular complexity index is 2930. The maximum absolute atomic E-state index is 11.7. The minimum atomic E-state index is -4.39. The molecule has 1 aromatic heterocycles. The second kappa shape index (κ2) is 17.7. The third-order valence-electron chi connectivity index (χ3n) is 9.69. The van der Waals surface area contributed by atoms with Gasteiger partial charge in [0.1, 0.15) is 0 Å². The topological polar surface area (TPSA) is 163 Å². The monoisotopic (exact) mass is 915 g/mol. The van der Waals surface area contributed by atoms with Gasteiger partial charge in [-0.1, -0.05) is 89.6 Å². The summed E-state index contributed by atoms with van der Waals surface area (Å²) >= 11 is 10.1. The molecule has 0 spiro atoms. The van der Waals surface area contributed by atoms with Crippen molar-refractivity contribution in [2.24, 2.45) is 0 Å². The summed E-state index contributed by atoms with van der Waals surface area (Å²) in [7, 11) is -13.1. The zero-order valence-electron chi connectivity index (χ0n) is 31.7. The molecule has 2 aliphatic rings. The first kappa shape index (κ1) is 43.4. The number of aryl methyl sites for hydroxylation is 1. The molecule has 0 saturated carbocycles. The molecule has 0 bridgehead atoms. The molecule has 1 aliphatic carbocycles. The van der Waals surface area contributed by atoms with E-state index in [0.717, 1.165) is 77.8 Å². The van der Waals surface area contributed by atoms with Gasteiger partial charge in [-0.05, 0) is 132 Å². The van der Waals surface area contributed by atoms with Crippen LogP contribution in [0.15, 0.2) is 176 Å². The highest BCUT2D eigenvalue weighted by Gasteiger charge is 2.21. The predicted molar refractivity (Wildman–Crippen MR) is 242 cm³/mol. The maximum atomic E-state index is 11.7. The zero-order valence-corrected chi connectivity index (χ0v) is 36.5. The van der Waals surface area contributed by atoms with Crippen molar-refractivity contribution in [1.82, 2.24) is 0 Å². The van der Waals surface area contributed by atoms with Crippen LogP contribution < -0.4 is 0 Å². The Labute approximate surface area is 362 Å². The van der Waals surface area contributed by atoms with Gasteiger partial charge < -0.3 is 0 Å². The first-order chi connectivity index (χ1) is 28.4. The molecule has 0 saturated heterocycles. The third kappa shape index (κ3) is 10.6. The van der Waals surface area contributed by atoms with E-state index in [1.807, 2.05) is 61.6 Å². The van der Waals surface area contributed by atoms with Crippen LogP contribution in [0.3, 0.4) is 0 Å². The first-order valence-corrected chi connectivity index (χ1v) is 24.6. The summed E-state index contributed by atoms with van der Waals surface area (Å²) in [5, 5.41) is 0.632. The van der Waals surface area contributed by atoms with Crippen molar-refractivity contribution in [3.05, 3.63) is 184 Å². The van der Waals surface area contributed by atoms with Gasteiger partial charge in [-0.3, -0.25) is 13.7 Å². The second-order valence-corrected chi connectivity index (χ2v) is 20.8. The summed E-state index contributed by atoms with van der Waals surface area (Å²) in [5.74, 6) is 0. The number of rotatable bonds is 10. The van der Waals surface area contributed by atoms with Gasteiger partial charge in [0.15, 0.2) is 0 Å². The SMILES string of the molecule is Cc1ccc(-c2cc(/C=C/C3=C(Cl)C(=C/C=C4C=C(c5ccc(S(=O)(=O)O)cc5)SC(c5ccc(S(=O)(=O)O)cc5)=C4)/CCC3)cc(-c3ccc(S(=O)(=O)O)cc3)[s+]2)cc1. The van der Waals surface area contributed by atoms with Crippen LogP contribution in [-0.4, -0.2) is 38.9 Å². The number of hydrogen-bond donors (Lipinski definition) is 3. The molecule has 3 N–H and O–H groups in total.